The van der Waals surface area contributed by atoms with Gasteiger partial charge >= 0.3 is 0 Å². The SMILES string of the molecule is COc1ccc(-c2cnn3c(SCC(=O)NC[C@@H](C)c4ccccc4)cc(C)nc23)cc1. The second kappa shape index (κ2) is 9.87. The van der Waals surface area contributed by atoms with Crippen molar-refractivity contribution in [1.82, 2.24) is 19.9 Å². The molecular formula is C25H26N4O2S. The molecule has 2 heterocycles. The molecule has 6 nitrogen and oxygen atoms in total. The van der Waals surface area contributed by atoms with Crippen molar-refractivity contribution < 1.29 is 9.53 Å². The normalized spacial score (nSPS) is 12.0. The second-order valence-electron chi connectivity index (χ2n) is 7.66. The van der Waals surface area contributed by atoms with E-state index >= 15 is 0 Å². The van der Waals surface area contributed by atoms with Crippen molar-refractivity contribution in [2.45, 2.75) is 24.8 Å². The van der Waals surface area contributed by atoms with E-state index in [0.29, 0.717) is 12.3 Å². The Morgan fingerprint density at radius 3 is 2.62 bits per heavy atom. The average Bonchev–Trinajstić information content (AvgIpc) is 3.25. The number of methoxy groups -OCH3 is 1. The maximum Gasteiger partial charge on any atom is 0.230 e. The first-order valence-corrected chi connectivity index (χ1v) is 11.5. The highest BCUT2D eigenvalue weighted by molar-refractivity contribution is 7.99. The zero-order valence-corrected chi connectivity index (χ0v) is 19.2. The molecule has 32 heavy (non-hydrogen) atoms. The summed E-state index contributed by atoms with van der Waals surface area (Å²) in [6.07, 6.45) is 1.81. The molecule has 164 valence electrons. The van der Waals surface area contributed by atoms with E-state index in [1.807, 2.05) is 61.7 Å². The molecule has 1 N–H and O–H groups in total. The summed E-state index contributed by atoms with van der Waals surface area (Å²) in [6.45, 7) is 4.68. The minimum absolute atomic E-state index is 0.00271. The number of carbonyl (C=O) groups is 1. The Morgan fingerprint density at radius 1 is 1.16 bits per heavy atom. The van der Waals surface area contributed by atoms with Gasteiger partial charge in [-0.15, -0.1) is 0 Å². The highest BCUT2D eigenvalue weighted by atomic mass is 32.2. The van der Waals surface area contributed by atoms with Crippen molar-refractivity contribution in [1.29, 1.82) is 0 Å². The topological polar surface area (TPSA) is 68.5 Å². The van der Waals surface area contributed by atoms with Crippen LogP contribution in [0.1, 0.15) is 24.1 Å². The molecule has 2 aromatic carbocycles. The van der Waals surface area contributed by atoms with Gasteiger partial charge < -0.3 is 10.1 Å². The summed E-state index contributed by atoms with van der Waals surface area (Å²) in [6, 6.07) is 20.0. The number of hydrogen-bond acceptors (Lipinski definition) is 5. The number of ether oxygens (including phenoxy) is 1. The highest BCUT2D eigenvalue weighted by Crippen LogP contribution is 2.28. The number of hydrogen-bond donors (Lipinski definition) is 1. The average molecular weight is 447 g/mol. The van der Waals surface area contributed by atoms with Crippen LogP contribution >= 0.6 is 11.8 Å². The van der Waals surface area contributed by atoms with Gasteiger partial charge in [0.1, 0.15) is 10.8 Å². The lowest BCUT2D eigenvalue weighted by Gasteiger charge is -2.13. The molecule has 1 atom stereocenters. The summed E-state index contributed by atoms with van der Waals surface area (Å²) in [5, 5.41) is 8.47. The number of aryl methyl sites for hydroxylation is 1. The molecule has 2 aromatic heterocycles. The molecule has 7 heteroatoms. The number of nitrogens with one attached hydrogen (secondary N) is 1. The van der Waals surface area contributed by atoms with Gasteiger partial charge in [-0.2, -0.15) is 5.10 Å². The molecule has 0 spiro atoms. The van der Waals surface area contributed by atoms with Crippen LogP contribution in [0.25, 0.3) is 16.8 Å². The summed E-state index contributed by atoms with van der Waals surface area (Å²) in [7, 11) is 1.65. The van der Waals surface area contributed by atoms with E-state index in [1.165, 1.54) is 17.3 Å². The van der Waals surface area contributed by atoms with Gasteiger partial charge in [0.2, 0.25) is 5.91 Å². The van der Waals surface area contributed by atoms with Gasteiger partial charge in [-0.25, -0.2) is 9.50 Å². The van der Waals surface area contributed by atoms with Crippen molar-refractivity contribution in [3.63, 3.8) is 0 Å². The first-order chi connectivity index (χ1) is 15.5. The molecule has 0 unspecified atom stereocenters. The lowest BCUT2D eigenvalue weighted by atomic mass is 10.0. The van der Waals surface area contributed by atoms with Crippen LogP contribution in [0.3, 0.4) is 0 Å². The summed E-state index contributed by atoms with van der Waals surface area (Å²) < 4.78 is 7.05. The lowest BCUT2D eigenvalue weighted by molar-refractivity contribution is -0.118. The number of amides is 1. The Morgan fingerprint density at radius 2 is 1.91 bits per heavy atom. The van der Waals surface area contributed by atoms with Crippen molar-refractivity contribution >= 4 is 23.3 Å². The Balaban J connectivity index is 1.45. The van der Waals surface area contributed by atoms with Crippen LogP contribution in [0, 0.1) is 6.92 Å². The molecule has 4 rings (SSSR count). The minimum atomic E-state index is 0.00271. The smallest absolute Gasteiger partial charge is 0.230 e. The number of thioether (sulfide) groups is 1. The Hall–Kier alpha value is -3.32. The van der Waals surface area contributed by atoms with Crippen LogP contribution in [0.2, 0.25) is 0 Å². The summed E-state index contributed by atoms with van der Waals surface area (Å²) >= 11 is 1.46. The molecule has 0 saturated heterocycles. The van der Waals surface area contributed by atoms with Crippen molar-refractivity contribution in [3.8, 4) is 16.9 Å². The Labute approximate surface area is 192 Å². The van der Waals surface area contributed by atoms with Crippen LogP contribution < -0.4 is 10.1 Å². The third kappa shape index (κ3) is 4.94. The fourth-order valence-corrected chi connectivity index (χ4v) is 4.37. The molecule has 0 fully saturated rings. The molecule has 0 aliphatic rings. The fourth-order valence-electron chi connectivity index (χ4n) is 3.48. The molecule has 4 aromatic rings. The van der Waals surface area contributed by atoms with E-state index in [-0.39, 0.29) is 11.8 Å². The van der Waals surface area contributed by atoms with Gasteiger partial charge in [0.05, 0.1) is 19.1 Å². The molecule has 0 saturated carbocycles. The van der Waals surface area contributed by atoms with Crippen LogP contribution in [-0.2, 0) is 4.79 Å². The largest absolute Gasteiger partial charge is 0.497 e. The van der Waals surface area contributed by atoms with Gasteiger partial charge in [-0.1, -0.05) is 61.2 Å². The molecule has 0 aliphatic heterocycles. The van der Waals surface area contributed by atoms with E-state index in [2.05, 4.69) is 29.5 Å². The quantitative estimate of drug-likeness (QED) is 0.313. The van der Waals surface area contributed by atoms with Gasteiger partial charge in [-0.3, -0.25) is 4.79 Å². The fraction of sp³-hybridized carbons (Fsp3) is 0.240. The van der Waals surface area contributed by atoms with Gasteiger partial charge in [0.25, 0.3) is 0 Å². The number of nitrogens with zero attached hydrogens (tertiary/aromatic N) is 3. The van der Waals surface area contributed by atoms with E-state index < -0.39 is 0 Å². The predicted octanol–water partition coefficient (Wildman–Crippen LogP) is 4.73. The van der Waals surface area contributed by atoms with E-state index in [1.54, 1.807) is 11.6 Å². The zero-order valence-electron chi connectivity index (χ0n) is 18.4. The zero-order chi connectivity index (χ0) is 22.5. The molecule has 0 bridgehead atoms. The maximum atomic E-state index is 12.5. The second-order valence-corrected chi connectivity index (χ2v) is 8.66. The lowest BCUT2D eigenvalue weighted by Crippen LogP contribution is -2.29. The third-order valence-corrected chi connectivity index (χ3v) is 6.29. The minimum Gasteiger partial charge on any atom is -0.497 e. The predicted molar refractivity (Wildman–Crippen MR) is 128 cm³/mol. The first kappa shape index (κ1) is 21.9. The van der Waals surface area contributed by atoms with Gasteiger partial charge in [0.15, 0.2) is 5.65 Å². The van der Waals surface area contributed by atoms with Crippen molar-refractivity contribution in [2.24, 2.45) is 0 Å². The van der Waals surface area contributed by atoms with Gasteiger partial charge in [-0.05, 0) is 42.2 Å². The Kier molecular flexibility index (Phi) is 6.75. The van der Waals surface area contributed by atoms with Crippen molar-refractivity contribution in [3.05, 3.63) is 78.1 Å². The van der Waals surface area contributed by atoms with Crippen LogP contribution in [0.4, 0.5) is 0 Å². The number of benzene rings is 2. The molecular weight excluding hydrogens is 420 g/mol. The standard InChI is InChI=1S/C25H26N4O2S/c1-17(19-7-5-4-6-8-19)14-26-23(30)16-32-24-13-18(2)28-25-22(15-27-29(24)25)20-9-11-21(31-3)12-10-20/h4-13,15,17H,14,16H2,1-3H3,(H,26,30)/t17-/m1/s1. The van der Waals surface area contributed by atoms with E-state index in [0.717, 1.165) is 33.2 Å². The van der Waals surface area contributed by atoms with Crippen molar-refractivity contribution in [2.75, 3.05) is 19.4 Å². The van der Waals surface area contributed by atoms with Crippen LogP contribution in [0.5, 0.6) is 5.75 Å². The summed E-state index contributed by atoms with van der Waals surface area (Å²) in [5.41, 5.74) is 4.83. The number of aromatic nitrogens is 3. The highest BCUT2D eigenvalue weighted by Gasteiger charge is 2.14. The molecule has 1 amide bonds. The number of fused-ring (bicyclic) bond motifs is 1. The first-order valence-electron chi connectivity index (χ1n) is 10.5. The summed E-state index contributed by atoms with van der Waals surface area (Å²) in [4.78, 5) is 17.2. The maximum absolute atomic E-state index is 12.5. The molecule has 0 radical (unpaired) electrons. The molecule has 0 aliphatic carbocycles. The van der Waals surface area contributed by atoms with E-state index in [9.17, 15) is 4.79 Å². The monoisotopic (exact) mass is 446 g/mol. The van der Waals surface area contributed by atoms with Gasteiger partial charge in [0, 0.05) is 17.8 Å². The Bertz CT molecular complexity index is 1210. The number of rotatable bonds is 8. The third-order valence-electron chi connectivity index (χ3n) is 5.29. The van der Waals surface area contributed by atoms with Crippen LogP contribution in [-0.4, -0.2) is 39.9 Å². The number of carbonyl (C=O) groups excluding carboxylic acids is 1. The van der Waals surface area contributed by atoms with Crippen LogP contribution in [0.15, 0.2) is 71.9 Å². The van der Waals surface area contributed by atoms with E-state index in [4.69, 9.17) is 9.72 Å². The summed E-state index contributed by atoms with van der Waals surface area (Å²) in [5.74, 6) is 1.39.